The molecule has 0 heterocycles. The van der Waals surface area contributed by atoms with Gasteiger partial charge in [0.25, 0.3) is 0 Å². The SMILES string of the molecule is CCNC(CC1CCCCC1)C1CC2CC2C1. The van der Waals surface area contributed by atoms with Crippen LogP contribution in [0.25, 0.3) is 0 Å². The Morgan fingerprint density at radius 1 is 1.00 bits per heavy atom. The minimum atomic E-state index is 0.857. The van der Waals surface area contributed by atoms with Gasteiger partial charge >= 0.3 is 0 Å². The number of hydrogen-bond donors (Lipinski definition) is 1. The smallest absolute Gasteiger partial charge is 0.00980 e. The van der Waals surface area contributed by atoms with Gasteiger partial charge < -0.3 is 5.32 Å². The van der Waals surface area contributed by atoms with Crippen molar-refractivity contribution in [3.8, 4) is 0 Å². The van der Waals surface area contributed by atoms with E-state index in [9.17, 15) is 0 Å². The topological polar surface area (TPSA) is 12.0 Å². The van der Waals surface area contributed by atoms with Crippen LogP contribution in [0.3, 0.4) is 0 Å². The maximum absolute atomic E-state index is 3.81. The molecule has 1 heteroatoms. The minimum absolute atomic E-state index is 0.857. The maximum atomic E-state index is 3.81. The Kier molecular flexibility index (Phi) is 3.75. The van der Waals surface area contributed by atoms with E-state index in [1.54, 1.807) is 19.3 Å². The Bertz CT molecular complexity index is 234. The van der Waals surface area contributed by atoms with Crippen LogP contribution in [0.5, 0.6) is 0 Å². The third-order valence-corrected chi connectivity index (χ3v) is 5.63. The lowest BCUT2D eigenvalue weighted by Crippen LogP contribution is -2.37. The van der Waals surface area contributed by atoms with Crippen LogP contribution in [0, 0.1) is 23.7 Å². The summed E-state index contributed by atoms with van der Waals surface area (Å²) in [5.41, 5.74) is 0. The lowest BCUT2D eigenvalue weighted by Gasteiger charge is -2.31. The normalized spacial score (nSPS) is 39.0. The van der Waals surface area contributed by atoms with E-state index >= 15 is 0 Å². The van der Waals surface area contributed by atoms with E-state index in [2.05, 4.69) is 12.2 Å². The third-order valence-electron chi connectivity index (χ3n) is 5.63. The molecule has 3 fully saturated rings. The zero-order valence-electron chi connectivity index (χ0n) is 11.5. The molecule has 1 nitrogen and oxygen atoms in total. The highest BCUT2D eigenvalue weighted by atomic mass is 14.9. The molecule has 17 heavy (non-hydrogen) atoms. The van der Waals surface area contributed by atoms with Crippen molar-refractivity contribution in [2.75, 3.05) is 6.54 Å². The van der Waals surface area contributed by atoms with Crippen LogP contribution in [0.1, 0.15) is 64.7 Å². The number of hydrogen-bond acceptors (Lipinski definition) is 1. The highest BCUT2D eigenvalue weighted by Gasteiger charge is 2.47. The molecule has 3 aliphatic rings. The fourth-order valence-electron chi connectivity index (χ4n) is 4.58. The van der Waals surface area contributed by atoms with Crippen molar-refractivity contribution in [3.05, 3.63) is 0 Å². The van der Waals surface area contributed by atoms with Gasteiger partial charge in [0.2, 0.25) is 0 Å². The number of nitrogens with one attached hydrogen (secondary N) is 1. The highest BCUT2D eigenvalue weighted by Crippen LogP contribution is 2.55. The maximum Gasteiger partial charge on any atom is 0.00980 e. The van der Waals surface area contributed by atoms with Crippen LogP contribution in [-0.4, -0.2) is 12.6 Å². The molecule has 3 unspecified atom stereocenters. The summed E-state index contributed by atoms with van der Waals surface area (Å²) in [5, 5.41) is 3.81. The fraction of sp³-hybridized carbons (Fsp3) is 1.00. The molecule has 0 aromatic carbocycles. The monoisotopic (exact) mass is 235 g/mol. The second-order valence-corrected chi connectivity index (χ2v) is 6.89. The molecule has 0 spiro atoms. The number of fused-ring (bicyclic) bond motifs is 1. The van der Waals surface area contributed by atoms with E-state index in [0.29, 0.717) is 0 Å². The van der Waals surface area contributed by atoms with Crippen molar-refractivity contribution in [3.63, 3.8) is 0 Å². The molecule has 1 N–H and O–H groups in total. The summed E-state index contributed by atoms with van der Waals surface area (Å²) in [7, 11) is 0. The zero-order valence-corrected chi connectivity index (χ0v) is 11.5. The molecular formula is C16H29N. The number of rotatable bonds is 5. The van der Waals surface area contributed by atoms with Gasteiger partial charge in [-0.15, -0.1) is 0 Å². The summed E-state index contributed by atoms with van der Waals surface area (Å²) in [5.74, 6) is 4.37. The van der Waals surface area contributed by atoms with Crippen LogP contribution in [-0.2, 0) is 0 Å². The van der Waals surface area contributed by atoms with Gasteiger partial charge in [-0.2, -0.15) is 0 Å². The summed E-state index contributed by atoms with van der Waals surface area (Å²) < 4.78 is 0. The van der Waals surface area contributed by atoms with Crippen molar-refractivity contribution in [2.45, 2.75) is 70.8 Å². The standard InChI is InChI=1S/C16H29N/c1-2-17-16(8-12-6-4-3-5-7-12)15-10-13-9-14(13)11-15/h12-17H,2-11H2,1H3. The molecule has 0 aromatic rings. The fourth-order valence-corrected chi connectivity index (χ4v) is 4.58. The van der Waals surface area contributed by atoms with Gasteiger partial charge in [-0.3, -0.25) is 0 Å². The second kappa shape index (κ2) is 5.30. The van der Waals surface area contributed by atoms with Crippen molar-refractivity contribution in [1.82, 2.24) is 5.32 Å². The van der Waals surface area contributed by atoms with Crippen LogP contribution >= 0.6 is 0 Å². The highest BCUT2D eigenvalue weighted by molar-refractivity contribution is 4.99. The molecule has 0 aromatic heterocycles. The average molecular weight is 235 g/mol. The summed E-state index contributed by atoms with van der Waals surface area (Å²) in [4.78, 5) is 0. The van der Waals surface area contributed by atoms with Crippen molar-refractivity contribution in [1.29, 1.82) is 0 Å². The Morgan fingerprint density at radius 3 is 2.35 bits per heavy atom. The first-order valence-corrected chi connectivity index (χ1v) is 8.10. The zero-order chi connectivity index (χ0) is 11.7. The lowest BCUT2D eigenvalue weighted by molar-refractivity contribution is 0.244. The molecule has 0 amide bonds. The van der Waals surface area contributed by atoms with Gasteiger partial charge in [0.15, 0.2) is 0 Å². The quantitative estimate of drug-likeness (QED) is 0.760. The van der Waals surface area contributed by atoms with Crippen LogP contribution in [0.4, 0.5) is 0 Å². The van der Waals surface area contributed by atoms with Gasteiger partial charge in [-0.1, -0.05) is 39.0 Å². The molecule has 98 valence electrons. The average Bonchev–Trinajstić information content (AvgIpc) is 2.97. The van der Waals surface area contributed by atoms with Gasteiger partial charge in [0.1, 0.15) is 0 Å². The Morgan fingerprint density at radius 2 is 1.71 bits per heavy atom. The van der Waals surface area contributed by atoms with E-state index in [4.69, 9.17) is 0 Å². The minimum Gasteiger partial charge on any atom is -0.314 e. The Balaban J connectivity index is 1.51. The van der Waals surface area contributed by atoms with Gasteiger partial charge in [0, 0.05) is 6.04 Å². The Hall–Kier alpha value is -0.0400. The van der Waals surface area contributed by atoms with E-state index in [-0.39, 0.29) is 0 Å². The second-order valence-electron chi connectivity index (χ2n) is 6.89. The van der Waals surface area contributed by atoms with Crippen molar-refractivity contribution >= 4 is 0 Å². The first kappa shape index (κ1) is 12.0. The third kappa shape index (κ3) is 2.86. The summed E-state index contributed by atoms with van der Waals surface area (Å²) in [6.07, 6.45) is 13.7. The summed E-state index contributed by atoms with van der Waals surface area (Å²) in [6.45, 7) is 3.45. The summed E-state index contributed by atoms with van der Waals surface area (Å²) in [6, 6.07) is 0.857. The van der Waals surface area contributed by atoms with E-state index in [0.717, 1.165) is 29.7 Å². The first-order chi connectivity index (χ1) is 8.36. The van der Waals surface area contributed by atoms with Crippen LogP contribution < -0.4 is 5.32 Å². The van der Waals surface area contributed by atoms with Crippen LogP contribution in [0.2, 0.25) is 0 Å². The van der Waals surface area contributed by atoms with E-state index in [1.807, 2.05) is 0 Å². The predicted octanol–water partition coefficient (Wildman–Crippen LogP) is 3.98. The molecule has 0 saturated heterocycles. The Labute approximate surface area is 107 Å². The first-order valence-electron chi connectivity index (χ1n) is 8.10. The largest absolute Gasteiger partial charge is 0.314 e. The molecule has 3 rings (SSSR count). The molecule has 3 atom stereocenters. The van der Waals surface area contributed by atoms with Gasteiger partial charge in [-0.05, 0) is 55.9 Å². The molecule has 0 radical (unpaired) electrons. The lowest BCUT2D eigenvalue weighted by atomic mass is 9.80. The van der Waals surface area contributed by atoms with Gasteiger partial charge in [0.05, 0.1) is 0 Å². The van der Waals surface area contributed by atoms with Crippen molar-refractivity contribution in [2.24, 2.45) is 23.7 Å². The van der Waals surface area contributed by atoms with Gasteiger partial charge in [-0.25, -0.2) is 0 Å². The summed E-state index contributed by atoms with van der Waals surface area (Å²) >= 11 is 0. The van der Waals surface area contributed by atoms with Crippen molar-refractivity contribution < 1.29 is 0 Å². The molecular weight excluding hydrogens is 206 g/mol. The van der Waals surface area contributed by atoms with Crippen LogP contribution in [0.15, 0.2) is 0 Å². The van der Waals surface area contributed by atoms with E-state index in [1.165, 1.54) is 45.1 Å². The van der Waals surface area contributed by atoms with E-state index < -0.39 is 0 Å². The molecule has 3 saturated carbocycles. The molecule has 0 bridgehead atoms. The molecule has 0 aliphatic heterocycles. The predicted molar refractivity (Wildman–Crippen MR) is 73.0 cm³/mol. The molecule has 3 aliphatic carbocycles.